The fourth-order valence-electron chi connectivity index (χ4n) is 5.37. The third-order valence-corrected chi connectivity index (χ3v) is 8.40. The monoisotopic (exact) mass is 534 g/mol. The number of rotatable bonds is 6. The zero-order valence-corrected chi connectivity index (χ0v) is 22.2. The number of nitrogens with zero attached hydrogens (tertiary/aromatic N) is 4. The van der Waals surface area contributed by atoms with E-state index in [1.807, 2.05) is 24.0 Å². The van der Waals surface area contributed by atoms with Crippen LogP contribution in [0.3, 0.4) is 0 Å². The van der Waals surface area contributed by atoms with E-state index in [2.05, 4.69) is 28.5 Å². The molecule has 0 saturated carbocycles. The zero-order chi connectivity index (χ0) is 26.8. The lowest BCUT2D eigenvalue weighted by atomic mass is 9.93. The number of piperazine rings is 1. The molecule has 2 atom stereocenters. The molecule has 9 nitrogen and oxygen atoms in total. The number of amides is 2. The lowest BCUT2D eigenvalue weighted by molar-refractivity contribution is -0.384. The third kappa shape index (κ3) is 5.14. The number of ether oxygens (including phenoxy) is 1. The molecule has 5 rings (SSSR count). The number of nitro groups is 1. The number of nitro benzene ring substituents is 1. The summed E-state index contributed by atoms with van der Waals surface area (Å²) in [5.74, 6) is 0.671. The van der Waals surface area contributed by atoms with Crippen molar-refractivity contribution in [3.8, 4) is 5.75 Å². The third-order valence-electron chi connectivity index (χ3n) is 7.40. The first-order chi connectivity index (χ1) is 18.4. The van der Waals surface area contributed by atoms with Gasteiger partial charge >= 0.3 is 0 Å². The van der Waals surface area contributed by atoms with Crippen LogP contribution in [0, 0.1) is 10.1 Å². The molecule has 0 unspecified atom stereocenters. The van der Waals surface area contributed by atoms with Gasteiger partial charge < -0.3 is 14.5 Å². The van der Waals surface area contributed by atoms with Crippen LogP contribution < -0.4 is 4.74 Å². The number of fused-ring (bicyclic) bond motifs is 1. The average molecular weight is 535 g/mol. The summed E-state index contributed by atoms with van der Waals surface area (Å²) in [6.45, 7) is 4.34. The first-order valence-corrected chi connectivity index (χ1v) is 13.5. The average Bonchev–Trinajstić information content (AvgIpc) is 3.41. The second-order valence-electron chi connectivity index (χ2n) is 9.69. The van der Waals surface area contributed by atoms with Gasteiger partial charge in [-0.3, -0.25) is 24.6 Å². The van der Waals surface area contributed by atoms with E-state index >= 15 is 0 Å². The van der Waals surface area contributed by atoms with Gasteiger partial charge in [0, 0.05) is 54.8 Å². The van der Waals surface area contributed by atoms with Crippen molar-refractivity contribution in [1.29, 1.82) is 0 Å². The van der Waals surface area contributed by atoms with Gasteiger partial charge in [-0.2, -0.15) is 0 Å². The number of carbonyl (C=O) groups excluding carboxylic acids is 2. The molecule has 0 bridgehead atoms. The topological polar surface area (TPSA) is 96.2 Å². The maximum atomic E-state index is 13.5. The molecule has 10 heteroatoms. The largest absolute Gasteiger partial charge is 0.497 e. The smallest absolute Gasteiger partial charge is 0.269 e. The summed E-state index contributed by atoms with van der Waals surface area (Å²) in [6, 6.07) is 15.7. The second-order valence-corrected chi connectivity index (χ2v) is 10.7. The maximum absolute atomic E-state index is 13.5. The molecular formula is C28H30N4O5S. The predicted molar refractivity (Wildman–Crippen MR) is 145 cm³/mol. The quantitative estimate of drug-likeness (QED) is 0.351. The van der Waals surface area contributed by atoms with Crippen molar-refractivity contribution in [3.05, 3.63) is 91.7 Å². The van der Waals surface area contributed by atoms with Crippen LogP contribution in [0.2, 0.25) is 0 Å². The Hall–Kier alpha value is -3.76. The van der Waals surface area contributed by atoms with Crippen LogP contribution in [-0.4, -0.2) is 77.3 Å². The van der Waals surface area contributed by atoms with Crippen molar-refractivity contribution in [2.24, 2.45) is 0 Å². The zero-order valence-electron chi connectivity index (χ0n) is 21.4. The number of hydrogen-bond acceptors (Lipinski definition) is 7. The van der Waals surface area contributed by atoms with Crippen molar-refractivity contribution in [2.45, 2.75) is 25.4 Å². The minimum atomic E-state index is -0.484. The van der Waals surface area contributed by atoms with E-state index in [4.69, 9.17) is 4.74 Å². The van der Waals surface area contributed by atoms with Gasteiger partial charge in [0.25, 0.3) is 11.6 Å². The van der Waals surface area contributed by atoms with Gasteiger partial charge in [0.05, 0.1) is 24.6 Å². The van der Waals surface area contributed by atoms with E-state index in [1.54, 1.807) is 23.3 Å². The Morgan fingerprint density at radius 1 is 1.05 bits per heavy atom. The van der Waals surface area contributed by atoms with Crippen LogP contribution in [0.25, 0.3) is 0 Å². The summed E-state index contributed by atoms with van der Waals surface area (Å²) in [7, 11) is 1.65. The number of carbonyl (C=O) groups is 2. The Balaban J connectivity index is 1.26. The molecule has 2 aromatic carbocycles. The predicted octanol–water partition coefficient (Wildman–Crippen LogP) is 3.99. The molecule has 38 heavy (non-hydrogen) atoms. The number of non-ortho nitro benzene ring substituents is 1. The van der Waals surface area contributed by atoms with Crippen LogP contribution in [0.1, 0.15) is 39.3 Å². The molecule has 2 amide bonds. The summed E-state index contributed by atoms with van der Waals surface area (Å²) in [5, 5.41) is 13.0. The van der Waals surface area contributed by atoms with Gasteiger partial charge in [0.15, 0.2) is 0 Å². The SMILES string of the molecule is COc1ccc([C@H]2c3ccsc3CCN2CC(=O)N2CCN(C(=O)c3ccc([N+](=O)[O-])cc3)[C@@H](C)C2)cc1. The standard InChI is InChI=1S/C28H30N4O5S/c1-19-17-29(14-15-31(19)28(34)21-3-7-22(8-4-21)32(35)36)26(33)18-30-13-11-25-24(12-16-38-25)27(30)20-5-9-23(37-2)10-6-20/h3-10,12,16,19,27H,11,13-15,17-18H2,1-2H3/t19-,27-/m0/s1. The van der Waals surface area contributed by atoms with E-state index in [9.17, 15) is 19.7 Å². The Labute approximate surface area is 225 Å². The minimum Gasteiger partial charge on any atom is -0.497 e. The Morgan fingerprint density at radius 2 is 1.79 bits per heavy atom. The summed E-state index contributed by atoms with van der Waals surface area (Å²) in [5.41, 5.74) is 2.74. The fourth-order valence-corrected chi connectivity index (χ4v) is 6.27. The second kappa shape index (κ2) is 10.9. The van der Waals surface area contributed by atoms with Gasteiger partial charge in [-0.25, -0.2) is 0 Å². The normalized spacial score (nSPS) is 19.6. The molecule has 2 aliphatic heterocycles. The lowest BCUT2D eigenvalue weighted by Crippen LogP contribution is -2.57. The number of benzene rings is 2. The van der Waals surface area contributed by atoms with E-state index in [0.717, 1.165) is 24.3 Å². The Morgan fingerprint density at radius 3 is 2.45 bits per heavy atom. The van der Waals surface area contributed by atoms with Gasteiger partial charge in [0.2, 0.25) is 5.91 Å². The molecule has 1 aromatic heterocycles. The van der Waals surface area contributed by atoms with E-state index in [-0.39, 0.29) is 29.6 Å². The molecule has 0 radical (unpaired) electrons. The van der Waals surface area contributed by atoms with E-state index < -0.39 is 4.92 Å². The molecule has 3 heterocycles. The lowest BCUT2D eigenvalue weighted by Gasteiger charge is -2.42. The minimum absolute atomic E-state index is 0.00211. The van der Waals surface area contributed by atoms with Gasteiger partial charge in [-0.05, 0) is 60.2 Å². The first kappa shape index (κ1) is 25.9. The summed E-state index contributed by atoms with van der Waals surface area (Å²) in [6.07, 6.45) is 0.918. The Kier molecular flexibility index (Phi) is 7.44. The van der Waals surface area contributed by atoms with Crippen molar-refractivity contribution in [3.63, 3.8) is 0 Å². The molecule has 0 spiro atoms. The summed E-state index contributed by atoms with van der Waals surface area (Å²) < 4.78 is 5.33. The first-order valence-electron chi connectivity index (χ1n) is 12.6. The Bertz CT molecular complexity index is 1320. The van der Waals surface area contributed by atoms with Crippen LogP contribution in [0.4, 0.5) is 5.69 Å². The van der Waals surface area contributed by atoms with Crippen LogP contribution >= 0.6 is 11.3 Å². The van der Waals surface area contributed by atoms with Gasteiger partial charge in [-0.1, -0.05) is 12.1 Å². The maximum Gasteiger partial charge on any atom is 0.269 e. The van der Waals surface area contributed by atoms with Crippen molar-refractivity contribution < 1.29 is 19.2 Å². The highest BCUT2D eigenvalue weighted by Gasteiger charge is 2.34. The molecule has 0 N–H and O–H groups in total. The molecule has 198 valence electrons. The van der Waals surface area contributed by atoms with E-state index in [1.165, 1.54) is 34.7 Å². The number of hydrogen-bond donors (Lipinski definition) is 0. The van der Waals surface area contributed by atoms with Crippen molar-refractivity contribution in [1.82, 2.24) is 14.7 Å². The van der Waals surface area contributed by atoms with Crippen LogP contribution in [0.15, 0.2) is 60.0 Å². The van der Waals surface area contributed by atoms with Crippen molar-refractivity contribution in [2.75, 3.05) is 39.8 Å². The molecule has 2 aliphatic rings. The molecule has 0 aliphatic carbocycles. The van der Waals surface area contributed by atoms with Crippen LogP contribution in [-0.2, 0) is 11.2 Å². The summed E-state index contributed by atoms with van der Waals surface area (Å²) >= 11 is 1.77. The molecular weight excluding hydrogens is 504 g/mol. The highest BCUT2D eigenvalue weighted by Crippen LogP contribution is 2.38. The number of methoxy groups -OCH3 is 1. The van der Waals surface area contributed by atoms with Gasteiger partial charge in [0.1, 0.15) is 5.75 Å². The highest BCUT2D eigenvalue weighted by atomic mass is 32.1. The molecule has 1 fully saturated rings. The van der Waals surface area contributed by atoms with E-state index in [0.29, 0.717) is 31.7 Å². The summed E-state index contributed by atoms with van der Waals surface area (Å²) in [4.78, 5) is 44.2. The molecule has 1 saturated heterocycles. The van der Waals surface area contributed by atoms with Crippen LogP contribution in [0.5, 0.6) is 5.75 Å². The number of thiophene rings is 1. The fraction of sp³-hybridized carbons (Fsp3) is 0.357. The molecule has 3 aromatic rings. The highest BCUT2D eigenvalue weighted by molar-refractivity contribution is 7.10. The van der Waals surface area contributed by atoms with Crippen molar-refractivity contribution >= 4 is 28.8 Å². The van der Waals surface area contributed by atoms with Gasteiger partial charge in [-0.15, -0.1) is 11.3 Å².